The lowest BCUT2D eigenvalue weighted by Gasteiger charge is -2.37. The van der Waals surface area contributed by atoms with E-state index in [4.69, 9.17) is 4.74 Å². The Balaban J connectivity index is 1.38. The number of nitrogens with zero attached hydrogens (tertiary/aromatic N) is 3. The van der Waals surface area contributed by atoms with Crippen LogP contribution in [0.3, 0.4) is 0 Å². The Morgan fingerprint density at radius 2 is 1.59 bits per heavy atom. The number of benzene rings is 1. The van der Waals surface area contributed by atoms with Gasteiger partial charge in [0.2, 0.25) is 21.8 Å². The van der Waals surface area contributed by atoms with E-state index in [0.29, 0.717) is 65.1 Å². The minimum absolute atomic E-state index is 0.0496. The molecule has 2 heterocycles. The first-order valence-electron chi connectivity index (χ1n) is 10.0. The highest BCUT2D eigenvalue weighted by Gasteiger charge is 2.32. The Labute approximate surface area is 172 Å². The molecule has 2 aliphatic rings. The van der Waals surface area contributed by atoms with Crippen LogP contribution >= 0.6 is 0 Å². The van der Waals surface area contributed by atoms with Gasteiger partial charge in [0.25, 0.3) is 0 Å². The number of piperazine rings is 1. The average molecular weight is 424 g/mol. The van der Waals surface area contributed by atoms with Gasteiger partial charge in [-0.3, -0.25) is 9.59 Å². The van der Waals surface area contributed by atoms with Crippen molar-refractivity contribution >= 4 is 21.8 Å². The maximum atomic E-state index is 12.7. The van der Waals surface area contributed by atoms with Crippen LogP contribution < -0.4 is 4.74 Å². The minimum Gasteiger partial charge on any atom is -0.493 e. The van der Waals surface area contributed by atoms with Crippen LogP contribution in [0.4, 0.5) is 0 Å². The zero-order chi connectivity index (χ0) is 20.9. The number of piperidine rings is 1. The maximum Gasteiger partial charge on any atom is 0.225 e. The van der Waals surface area contributed by atoms with Crippen LogP contribution in [-0.4, -0.2) is 86.5 Å². The van der Waals surface area contributed by atoms with E-state index >= 15 is 0 Å². The van der Waals surface area contributed by atoms with Gasteiger partial charge in [0.05, 0.1) is 19.3 Å². The monoisotopic (exact) mass is 423 g/mol. The van der Waals surface area contributed by atoms with Crippen molar-refractivity contribution in [3.05, 3.63) is 30.3 Å². The summed E-state index contributed by atoms with van der Waals surface area (Å²) in [5.74, 6) is 0.788. The Bertz CT molecular complexity index is 799. The van der Waals surface area contributed by atoms with Gasteiger partial charge < -0.3 is 14.5 Å². The number of likely N-dealkylation sites (tertiary alicyclic amines) is 1. The van der Waals surface area contributed by atoms with E-state index in [9.17, 15) is 18.0 Å². The molecule has 2 aliphatic heterocycles. The van der Waals surface area contributed by atoms with Crippen molar-refractivity contribution in [2.45, 2.75) is 19.3 Å². The van der Waals surface area contributed by atoms with Gasteiger partial charge in [-0.15, -0.1) is 0 Å². The molecule has 9 heteroatoms. The summed E-state index contributed by atoms with van der Waals surface area (Å²) < 4.78 is 30.2. The van der Waals surface area contributed by atoms with Crippen LogP contribution in [-0.2, 0) is 19.6 Å². The second kappa shape index (κ2) is 9.58. The molecule has 160 valence electrons. The number of amides is 2. The summed E-state index contributed by atoms with van der Waals surface area (Å²) in [5.41, 5.74) is 0. The fourth-order valence-electron chi connectivity index (χ4n) is 3.81. The molecule has 0 aliphatic carbocycles. The average Bonchev–Trinajstić information content (AvgIpc) is 2.73. The van der Waals surface area contributed by atoms with Crippen molar-refractivity contribution in [2.24, 2.45) is 5.92 Å². The molecule has 2 saturated heterocycles. The van der Waals surface area contributed by atoms with Gasteiger partial charge in [-0.2, -0.15) is 4.31 Å². The number of sulfonamides is 1. The molecule has 0 aromatic heterocycles. The smallest absolute Gasteiger partial charge is 0.225 e. The van der Waals surface area contributed by atoms with Crippen LogP contribution in [0.1, 0.15) is 19.3 Å². The Kier molecular flexibility index (Phi) is 7.13. The molecule has 0 saturated carbocycles. The van der Waals surface area contributed by atoms with Crippen molar-refractivity contribution in [3.63, 3.8) is 0 Å². The highest BCUT2D eigenvalue weighted by Crippen LogP contribution is 2.21. The quantitative estimate of drug-likeness (QED) is 0.675. The van der Waals surface area contributed by atoms with Crippen molar-refractivity contribution < 1.29 is 22.7 Å². The van der Waals surface area contributed by atoms with E-state index in [1.54, 1.807) is 9.80 Å². The van der Waals surface area contributed by atoms with Crippen molar-refractivity contribution in [1.82, 2.24) is 14.1 Å². The molecule has 0 atom stereocenters. The van der Waals surface area contributed by atoms with Gasteiger partial charge in [0.15, 0.2) is 0 Å². The molecule has 29 heavy (non-hydrogen) atoms. The Morgan fingerprint density at radius 1 is 0.966 bits per heavy atom. The third-order valence-electron chi connectivity index (χ3n) is 5.54. The molecule has 0 N–H and O–H groups in total. The maximum absolute atomic E-state index is 12.7. The Hall–Kier alpha value is -2.13. The molecule has 0 spiro atoms. The lowest BCUT2D eigenvalue weighted by Crippen LogP contribution is -2.53. The molecule has 8 nitrogen and oxygen atoms in total. The zero-order valence-electron chi connectivity index (χ0n) is 16.8. The topological polar surface area (TPSA) is 87.2 Å². The molecule has 2 amide bonds. The van der Waals surface area contributed by atoms with Crippen molar-refractivity contribution in [3.8, 4) is 5.75 Å². The predicted molar refractivity (Wildman–Crippen MR) is 109 cm³/mol. The fourth-order valence-corrected chi connectivity index (χ4v) is 4.63. The molecule has 1 aromatic rings. The summed E-state index contributed by atoms with van der Waals surface area (Å²) in [7, 11) is -3.20. The van der Waals surface area contributed by atoms with Gasteiger partial charge in [-0.05, 0) is 25.0 Å². The van der Waals surface area contributed by atoms with E-state index in [0.717, 1.165) is 5.75 Å². The van der Waals surface area contributed by atoms with Crippen LogP contribution in [0.15, 0.2) is 30.3 Å². The van der Waals surface area contributed by atoms with Gasteiger partial charge in [-0.25, -0.2) is 8.42 Å². The first-order valence-corrected chi connectivity index (χ1v) is 11.9. The third-order valence-corrected chi connectivity index (χ3v) is 6.85. The van der Waals surface area contributed by atoms with Crippen molar-refractivity contribution in [2.75, 3.05) is 52.1 Å². The third kappa shape index (κ3) is 5.93. The summed E-state index contributed by atoms with van der Waals surface area (Å²) in [6.45, 7) is 3.05. The van der Waals surface area contributed by atoms with Crippen LogP contribution in [0.5, 0.6) is 5.75 Å². The first kappa shape index (κ1) is 21.6. The first-order chi connectivity index (χ1) is 13.8. The molecule has 0 bridgehead atoms. The van der Waals surface area contributed by atoms with Crippen LogP contribution in [0.25, 0.3) is 0 Å². The number of para-hydroxylation sites is 1. The minimum atomic E-state index is -3.20. The predicted octanol–water partition coefficient (Wildman–Crippen LogP) is 0.798. The van der Waals surface area contributed by atoms with Gasteiger partial charge in [0, 0.05) is 45.2 Å². The van der Waals surface area contributed by atoms with Crippen LogP contribution in [0, 0.1) is 5.92 Å². The largest absolute Gasteiger partial charge is 0.493 e. The molecule has 1 aromatic carbocycles. The second-order valence-electron chi connectivity index (χ2n) is 7.55. The van der Waals surface area contributed by atoms with E-state index < -0.39 is 10.0 Å². The SMILES string of the molecule is CS(=O)(=O)N1CCN(C(=O)C2CCN(C(=O)CCOc3ccccc3)CC2)CC1. The fraction of sp³-hybridized carbons (Fsp3) is 0.600. The van der Waals surface area contributed by atoms with E-state index in [2.05, 4.69) is 0 Å². The molecule has 0 radical (unpaired) electrons. The highest BCUT2D eigenvalue weighted by molar-refractivity contribution is 7.88. The number of rotatable bonds is 6. The summed E-state index contributed by atoms with van der Waals surface area (Å²) in [5, 5.41) is 0. The van der Waals surface area contributed by atoms with Gasteiger partial charge in [0.1, 0.15) is 5.75 Å². The van der Waals surface area contributed by atoms with E-state index in [-0.39, 0.29) is 17.7 Å². The summed E-state index contributed by atoms with van der Waals surface area (Å²) in [6.07, 6.45) is 2.82. The number of hydrogen-bond donors (Lipinski definition) is 0. The molecule has 0 unspecified atom stereocenters. The summed E-state index contributed by atoms with van der Waals surface area (Å²) >= 11 is 0. The normalized spacial score (nSPS) is 19.2. The molecular weight excluding hydrogens is 394 g/mol. The lowest BCUT2D eigenvalue weighted by atomic mass is 9.95. The zero-order valence-corrected chi connectivity index (χ0v) is 17.6. The van der Waals surface area contributed by atoms with E-state index in [1.807, 2.05) is 30.3 Å². The van der Waals surface area contributed by atoms with Crippen molar-refractivity contribution in [1.29, 1.82) is 0 Å². The second-order valence-corrected chi connectivity index (χ2v) is 9.54. The number of ether oxygens (including phenoxy) is 1. The van der Waals surface area contributed by atoms with Crippen LogP contribution in [0.2, 0.25) is 0 Å². The number of carbonyl (C=O) groups excluding carboxylic acids is 2. The summed E-state index contributed by atoms with van der Waals surface area (Å²) in [6, 6.07) is 9.41. The summed E-state index contributed by atoms with van der Waals surface area (Å²) in [4.78, 5) is 28.7. The van der Waals surface area contributed by atoms with E-state index in [1.165, 1.54) is 10.6 Å². The van der Waals surface area contributed by atoms with Gasteiger partial charge >= 0.3 is 0 Å². The molecule has 2 fully saturated rings. The standard InChI is InChI=1S/C20H29N3O5S/c1-29(26,27)23-14-12-22(13-15-23)20(25)17-7-10-21(11-8-17)19(24)9-16-28-18-5-3-2-4-6-18/h2-6,17H,7-16H2,1H3. The number of hydrogen-bond acceptors (Lipinski definition) is 5. The van der Waals surface area contributed by atoms with Gasteiger partial charge in [-0.1, -0.05) is 18.2 Å². The highest BCUT2D eigenvalue weighted by atomic mass is 32.2. The molecular formula is C20H29N3O5S. The lowest BCUT2D eigenvalue weighted by molar-refractivity contribution is -0.141. The Morgan fingerprint density at radius 3 is 2.17 bits per heavy atom. The molecule has 3 rings (SSSR count). The number of carbonyl (C=O) groups is 2.